The van der Waals surface area contributed by atoms with E-state index in [4.69, 9.17) is 5.11 Å². The van der Waals surface area contributed by atoms with Crippen molar-refractivity contribution in [1.29, 1.82) is 0 Å². The van der Waals surface area contributed by atoms with Gasteiger partial charge >= 0.3 is 5.97 Å². The predicted octanol–water partition coefficient (Wildman–Crippen LogP) is 0.271. The number of rotatable bonds is 2. The van der Waals surface area contributed by atoms with Gasteiger partial charge in [-0.25, -0.2) is 14.8 Å². The molecule has 0 aromatic carbocycles. The Hall–Kier alpha value is -2.44. The normalized spacial score (nSPS) is 10.5. The summed E-state index contributed by atoms with van der Waals surface area (Å²) in [5, 5.41) is 11.2. The zero-order valence-corrected chi connectivity index (χ0v) is 9.26. The molecule has 17 heavy (non-hydrogen) atoms. The van der Waals surface area contributed by atoms with Crippen LogP contribution in [0.25, 0.3) is 5.95 Å². The smallest absolute Gasteiger partial charge is 0.353 e. The summed E-state index contributed by atoms with van der Waals surface area (Å²) in [7, 11) is 0. The number of nitrogens with zero attached hydrogens (tertiary/aromatic N) is 3. The summed E-state index contributed by atoms with van der Waals surface area (Å²) in [5.41, 5.74) is 0.696. The summed E-state index contributed by atoms with van der Waals surface area (Å²) in [5.74, 6) is -1.06. The molecule has 0 bridgehead atoms. The van der Waals surface area contributed by atoms with Gasteiger partial charge in [0.1, 0.15) is 5.69 Å². The standard InChI is InChI=1S/C10H10N4O3/c1-5-3-6(2)12-10(11-5)14-8(15)4-7(13-14)9(16)17/h3-4,13H,1-2H3,(H,16,17). The summed E-state index contributed by atoms with van der Waals surface area (Å²) in [6.45, 7) is 3.54. The first-order chi connectivity index (χ1) is 7.97. The average Bonchev–Trinajstić information content (AvgIpc) is 2.59. The first-order valence-electron chi connectivity index (χ1n) is 4.85. The van der Waals surface area contributed by atoms with Crippen LogP contribution in [-0.4, -0.2) is 30.8 Å². The maximum absolute atomic E-state index is 11.6. The number of aryl methyl sites for hydroxylation is 2. The lowest BCUT2D eigenvalue weighted by Gasteiger charge is -2.02. The number of nitrogens with one attached hydrogen (secondary N) is 1. The van der Waals surface area contributed by atoms with Crippen molar-refractivity contribution in [3.63, 3.8) is 0 Å². The molecule has 0 amide bonds. The van der Waals surface area contributed by atoms with Crippen molar-refractivity contribution in [3.8, 4) is 5.95 Å². The number of carboxylic acids is 1. The van der Waals surface area contributed by atoms with Crippen molar-refractivity contribution in [2.75, 3.05) is 0 Å². The van der Waals surface area contributed by atoms with E-state index in [2.05, 4.69) is 15.1 Å². The third-order valence-corrected chi connectivity index (χ3v) is 2.12. The molecular weight excluding hydrogens is 224 g/mol. The fourth-order valence-electron chi connectivity index (χ4n) is 1.46. The average molecular weight is 234 g/mol. The van der Waals surface area contributed by atoms with Crippen LogP contribution < -0.4 is 5.56 Å². The van der Waals surface area contributed by atoms with Gasteiger partial charge in [-0.2, -0.15) is 4.68 Å². The van der Waals surface area contributed by atoms with Crippen molar-refractivity contribution in [1.82, 2.24) is 19.7 Å². The van der Waals surface area contributed by atoms with Crippen molar-refractivity contribution >= 4 is 5.97 Å². The summed E-state index contributed by atoms with van der Waals surface area (Å²) < 4.78 is 1.00. The Kier molecular flexibility index (Phi) is 2.51. The predicted molar refractivity (Wildman–Crippen MR) is 58.4 cm³/mol. The van der Waals surface area contributed by atoms with Gasteiger partial charge in [0.25, 0.3) is 11.5 Å². The molecule has 0 aliphatic rings. The highest BCUT2D eigenvalue weighted by Crippen LogP contribution is 2.02. The molecule has 0 aliphatic carbocycles. The van der Waals surface area contributed by atoms with Crippen LogP contribution in [0.2, 0.25) is 0 Å². The zero-order valence-electron chi connectivity index (χ0n) is 9.26. The van der Waals surface area contributed by atoms with Crippen LogP contribution in [0.5, 0.6) is 0 Å². The molecule has 0 radical (unpaired) electrons. The van der Waals surface area contributed by atoms with Gasteiger partial charge in [-0.05, 0) is 19.9 Å². The van der Waals surface area contributed by atoms with Crippen molar-refractivity contribution in [2.45, 2.75) is 13.8 Å². The summed E-state index contributed by atoms with van der Waals surface area (Å²) in [4.78, 5) is 30.4. The van der Waals surface area contributed by atoms with Gasteiger partial charge in [-0.3, -0.25) is 9.89 Å². The number of aromatic nitrogens is 4. The van der Waals surface area contributed by atoms with E-state index in [0.717, 1.165) is 10.7 Å². The lowest BCUT2D eigenvalue weighted by atomic mass is 10.4. The van der Waals surface area contributed by atoms with Gasteiger partial charge in [0.05, 0.1) is 0 Å². The van der Waals surface area contributed by atoms with Crippen molar-refractivity contribution in [2.24, 2.45) is 0 Å². The molecule has 0 saturated carbocycles. The van der Waals surface area contributed by atoms with E-state index in [1.807, 2.05) is 0 Å². The van der Waals surface area contributed by atoms with E-state index in [1.54, 1.807) is 19.9 Å². The Morgan fingerprint density at radius 2 is 1.88 bits per heavy atom. The second-order valence-corrected chi connectivity index (χ2v) is 3.60. The highest BCUT2D eigenvalue weighted by atomic mass is 16.4. The van der Waals surface area contributed by atoms with E-state index in [0.29, 0.717) is 11.4 Å². The van der Waals surface area contributed by atoms with Gasteiger partial charge in [-0.1, -0.05) is 0 Å². The quantitative estimate of drug-likeness (QED) is 0.776. The number of carboxylic acid groups (broad SMARTS) is 1. The molecule has 2 aromatic rings. The van der Waals surface area contributed by atoms with E-state index < -0.39 is 11.5 Å². The van der Waals surface area contributed by atoms with Crippen molar-refractivity contribution < 1.29 is 9.90 Å². The SMILES string of the molecule is Cc1cc(C)nc(-n2[nH]c(C(=O)O)cc2=O)n1. The second kappa shape index (κ2) is 3.85. The number of H-pyrrole nitrogens is 1. The largest absolute Gasteiger partial charge is 0.477 e. The van der Waals surface area contributed by atoms with Crippen LogP contribution >= 0.6 is 0 Å². The molecular formula is C10H10N4O3. The number of hydrogen-bond donors (Lipinski definition) is 2. The molecule has 2 rings (SSSR count). The summed E-state index contributed by atoms with van der Waals surface area (Å²) in [6, 6.07) is 2.75. The van der Waals surface area contributed by atoms with Gasteiger partial charge in [0.15, 0.2) is 0 Å². The number of carbonyl (C=O) groups is 1. The maximum Gasteiger partial charge on any atom is 0.353 e. The molecule has 0 aliphatic heterocycles. The molecule has 88 valence electrons. The monoisotopic (exact) mass is 234 g/mol. The minimum atomic E-state index is -1.20. The van der Waals surface area contributed by atoms with Crippen LogP contribution in [0.3, 0.4) is 0 Å². The molecule has 2 aromatic heterocycles. The Bertz CT molecular complexity index is 621. The van der Waals surface area contributed by atoms with E-state index >= 15 is 0 Å². The van der Waals surface area contributed by atoms with E-state index in [9.17, 15) is 9.59 Å². The van der Waals surface area contributed by atoms with Crippen LogP contribution in [0.15, 0.2) is 16.9 Å². The second-order valence-electron chi connectivity index (χ2n) is 3.60. The minimum absolute atomic E-state index is 0.139. The Morgan fingerprint density at radius 1 is 1.29 bits per heavy atom. The van der Waals surface area contributed by atoms with Gasteiger partial charge < -0.3 is 5.11 Å². The highest BCUT2D eigenvalue weighted by molar-refractivity contribution is 5.85. The molecule has 0 atom stereocenters. The van der Waals surface area contributed by atoms with E-state index in [-0.39, 0.29) is 11.6 Å². The van der Waals surface area contributed by atoms with Crippen LogP contribution in [0.4, 0.5) is 0 Å². The first-order valence-corrected chi connectivity index (χ1v) is 4.85. The molecule has 7 nitrogen and oxygen atoms in total. The molecule has 2 heterocycles. The molecule has 0 unspecified atom stereocenters. The topological polar surface area (TPSA) is 101 Å². The molecule has 2 N–H and O–H groups in total. The maximum atomic E-state index is 11.6. The Labute approximate surface area is 95.7 Å². The first kappa shape index (κ1) is 11.1. The number of aromatic carboxylic acids is 1. The molecule has 0 saturated heterocycles. The molecule has 0 spiro atoms. The van der Waals surface area contributed by atoms with Crippen molar-refractivity contribution in [3.05, 3.63) is 39.6 Å². The summed E-state index contributed by atoms with van der Waals surface area (Å²) in [6.07, 6.45) is 0. The van der Waals surface area contributed by atoms with Gasteiger partial charge in [0, 0.05) is 17.5 Å². The Morgan fingerprint density at radius 3 is 2.35 bits per heavy atom. The van der Waals surface area contributed by atoms with Gasteiger partial charge in [0.2, 0.25) is 0 Å². The lowest BCUT2D eigenvalue weighted by molar-refractivity contribution is 0.0690. The van der Waals surface area contributed by atoms with Crippen LogP contribution in [0, 0.1) is 13.8 Å². The Balaban J connectivity index is 2.60. The number of aromatic amines is 1. The molecule has 0 fully saturated rings. The summed E-state index contributed by atoms with van der Waals surface area (Å²) >= 11 is 0. The molecule has 7 heteroatoms. The van der Waals surface area contributed by atoms with Crippen LogP contribution in [0.1, 0.15) is 21.9 Å². The highest BCUT2D eigenvalue weighted by Gasteiger charge is 2.12. The van der Waals surface area contributed by atoms with Crippen LogP contribution in [-0.2, 0) is 0 Å². The minimum Gasteiger partial charge on any atom is -0.477 e. The third kappa shape index (κ3) is 2.07. The lowest BCUT2D eigenvalue weighted by Crippen LogP contribution is -2.17. The third-order valence-electron chi connectivity index (χ3n) is 2.12. The number of hydrogen-bond acceptors (Lipinski definition) is 4. The van der Waals surface area contributed by atoms with E-state index in [1.165, 1.54) is 0 Å². The van der Waals surface area contributed by atoms with Gasteiger partial charge in [-0.15, -0.1) is 0 Å². The zero-order chi connectivity index (χ0) is 12.6. The fourth-order valence-corrected chi connectivity index (χ4v) is 1.46. The fraction of sp³-hybridized carbons (Fsp3) is 0.200.